The molecule has 0 spiro atoms. The van der Waals surface area contributed by atoms with Gasteiger partial charge in [-0.15, -0.1) is 0 Å². The van der Waals surface area contributed by atoms with Crippen molar-refractivity contribution in [1.29, 1.82) is 0 Å². The Morgan fingerprint density at radius 3 is 3.05 bits per heavy atom. The summed E-state index contributed by atoms with van der Waals surface area (Å²) in [5.74, 6) is 0. The van der Waals surface area contributed by atoms with Gasteiger partial charge in [-0.2, -0.15) is 0 Å². The summed E-state index contributed by atoms with van der Waals surface area (Å²) in [5.41, 5.74) is 2.81. The predicted molar refractivity (Wildman–Crippen MR) is 86.9 cm³/mol. The van der Waals surface area contributed by atoms with Crippen molar-refractivity contribution < 1.29 is 9.90 Å². The highest BCUT2D eigenvalue weighted by molar-refractivity contribution is 5.75. The number of fused-ring (bicyclic) bond motifs is 1. The number of hydrogen-bond donors (Lipinski definition) is 2. The monoisotopic (exact) mass is 302 g/mol. The number of likely N-dealkylation sites (tertiary alicyclic amines) is 1. The van der Waals surface area contributed by atoms with E-state index in [0.29, 0.717) is 6.54 Å². The Balaban J connectivity index is 1.67. The van der Waals surface area contributed by atoms with Crippen LogP contribution < -0.4 is 5.32 Å². The zero-order valence-electron chi connectivity index (χ0n) is 13.3. The molecule has 2 N–H and O–H groups in total. The SMILES string of the molecule is CC1(CNC(=O)N2CCC[C@H]2CO)CCCc2ccccc21. The van der Waals surface area contributed by atoms with Crippen molar-refractivity contribution in [1.82, 2.24) is 10.2 Å². The zero-order valence-corrected chi connectivity index (χ0v) is 13.3. The first-order chi connectivity index (χ1) is 10.6. The van der Waals surface area contributed by atoms with Gasteiger partial charge in [-0.3, -0.25) is 0 Å². The second-order valence-corrected chi connectivity index (χ2v) is 6.90. The molecule has 1 aromatic carbocycles. The third-order valence-corrected chi connectivity index (χ3v) is 5.32. The Hall–Kier alpha value is -1.55. The van der Waals surface area contributed by atoms with Crippen LogP contribution in [0.15, 0.2) is 24.3 Å². The number of hydrogen-bond acceptors (Lipinski definition) is 2. The maximum atomic E-state index is 12.4. The Labute approximate surface area is 132 Å². The molecule has 0 aromatic heterocycles. The van der Waals surface area contributed by atoms with Crippen molar-refractivity contribution in [2.45, 2.75) is 50.5 Å². The molecule has 1 heterocycles. The van der Waals surface area contributed by atoms with Gasteiger partial charge in [0.05, 0.1) is 12.6 Å². The fourth-order valence-corrected chi connectivity index (χ4v) is 3.98. The Morgan fingerprint density at radius 1 is 1.41 bits per heavy atom. The predicted octanol–water partition coefficient (Wildman–Crippen LogP) is 2.45. The number of carbonyl (C=O) groups is 1. The lowest BCUT2D eigenvalue weighted by Crippen LogP contribution is -2.48. The number of urea groups is 1. The van der Waals surface area contributed by atoms with Gasteiger partial charge in [-0.25, -0.2) is 4.79 Å². The molecule has 1 aliphatic carbocycles. The van der Waals surface area contributed by atoms with Crippen LogP contribution in [0.3, 0.4) is 0 Å². The van der Waals surface area contributed by atoms with Gasteiger partial charge in [0.25, 0.3) is 0 Å². The smallest absolute Gasteiger partial charge is 0.317 e. The quantitative estimate of drug-likeness (QED) is 0.901. The van der Waals surface area contributed by atoms with Gasteiger partial charge in [0.1, 0.15) is 0 Å². The first kappa shape index (κ1) is 15.3. The Morgan fingerprint density at radius 2 is 2.23 bits per heavy atom. The summed E-state index contributed by atoms with van der Waals surface area (Å²) in [6.45, 7) is 3.73. The molecule has 2 amide bonds. The second kappa shape index (κ2) is 6.29. The lowest BCUT2D eigenvalue weighted by Gasteiger charge is -2.37. The number of rotatable bonds is 3. The van der Waals surface area contributed by atoms with E-state index >= 15 is 0 Å². The molecule has 1 aliphatic heterocycles. The van der Waals surface area contributed by atoms with Crippen molar-refractivity contribution in [2.75, 3.05) is 19.7 Å². The summed E-state index contributed by atoms with van der Waals surface area (Å²) in [4.78, 5) is 14.2. The van der Waals surface area contributed by atoms with Gasteiger partial charge in [-0.1, -0.05) is 31.2 Å². The summed E-state index contributed by atoms with van der Waals surface area (Å²) < 4.78 is 0. The van der Waals surface area contributed by atoms with Gasteiger partial charge in [0.2, 0.25) is 0 Å². The third-order valence-electron chi connectivity index (χ3n) is 5.32. The number of nitrogens with one attached hydrogen (secondary N) is 1. The van der Waals surface area contributed by atoms with E-state index in [1.165, 1.54) is 17.5 Å². The minimum absolute atomic E-state index is 0.00792. The third kappa shape index (κ3) is 2.84. The van der Waals surface area contributed by atoms with E-state index in [0.717, 1.165) is 32.2 Å². The van der Waals surface area contributed by atoms with Crippen molar-refractivity contribution in [2.24, 2.45) is 0 Å². The van der Waals surface area contributed by atoms with Gasteiger partial charge in [-0.05, 0) is 43.2 Å². The molecule has 3 rings (SSSR count). The highest BCUT2D eigenvalue weighted by atomic mass is 16.3. The molecular weight excluding hydrogens is 276 g/mol. The number of nitrogens with zero attached hydrogens (tertiary/aromatic N) is 1. The summed E-state index contributed by atoms with van der Waals surface area (Å²) in [6.07, 6.45) is 5.31. The van der Waals surface area contributed by atoms with E-state index in [1.807, 2.05) is 0 Å². The number of amides is 2. The minimum Gasteiger partial charge on any atom is -0.394 e. The van der Waals surface area contributed by atoms with Crippen LogP contribution in [0.1, 0.15) is 43.7 Å². The van der Waals surface area contributed by atoms with Crippen molar-refractivity contribution in [3.8, 4) is 0 Å². The summed E-state index contributed by atoms with van der Waals surface area (Å²) in [7, 11) is 0. The molecule has 1 unspecified atom stereocenters. The van der Waals surface area contributed by atoms with E-state index in [1.54, 1.807) is 4.90 Å². The van der Waals surface area contributed by atoms with Gasteiger partial charge in [0.15, 0.2) is 0 Å². The molecule has 2 atom stereocenters. The van der Waals surface area contributed by atoms with Gasteiger partial charge < -0.3 is 15.3 Å². The topological polar surface area (TPSA) is 52.6 Å². The molecule has 0 saturated carbocycles. The van der Waals surface area contributed by atoms with Crippen LogP contribution in [-0.4, -0.2) is 41.8 Å². The average Bonchev–Trinajstić information content (AvgIpc) is 3.02. The van der Waals surface area contributed by atoms with E-state index in [2.05, 4.69) is 36.5 Å². The second-order valence-electron chi connectivity index (χ2n) is 6.90. The van der Waals surface area contributed by atoms with Crippen LogP contribution >= 0.6 is 0 Å². The molecule has 4 heteroatoms. The highest BCUT2D eigenvalue weighted by Gasteiger charge is 2.34. The summed E-state index contributed by atoms with van der Waals surface area (Å²) in [5, 5.41) is 12.5. The van der Waals surface area contributed by atoms with Crippen molar-refractivity contribution in [3.63, 3.8) is 0 Å². The zero-order chi connectivity index (χ0) is 15.6. The Bertz CT molecular complexity index is 546. The lowest BCUT2D eigenvalue weighted by molar-refractivity contribution is 0.155. The van der Waals surface area contributed by atoms with Crippen LogP contribution in [0.25, 0.3) is 0 Å². The van der Waals surface area contributed by atoms with E-state index < -0.39 is 0 Å². The van der Waals surface area contributed by atoms with Crippen LogP contribution in [0, 0.1) is 0 Å². The standard InChI is InChI=1S/C18H26N2O2/c1-18(10-4-7-14-6-2-3-9-16(14)18)13-19-17(22)20-11-5-8-15(20)12-21/h2-3,6,9,15,21H,4-5,7-8,10-13H2,1H3,(H,19,22)/t15-,18?/m0/s1. The number of aliphatic hydroxyl groups is 1. The van der Waals surface area contributed by atoms with E-state index in [9.17, 15) is 9.90 Å². The number of aliphatic hydroxyl groups excluding tert-OH is 1. The van der Waals surface area contributed by atoms with Crippen LogP contribution in [0.4, 0.5) is 4.79 Å². The summed E-state index contributed by atoms with van der Waals surface area (Å²) in [6, 6.07) is 8.56. The van der Waals surface area contributed by atoms with E-state index in [-0.39, 0.29) is 24.1 Å². The maximum absolute atomic E-state index is 12.4. The molecule has 0 radical (unpaired) electrons. The number of aryl methyl sites for hydroxylation is 1. The first-order valence-corrected chi connectivity index (χ1v) is 8.38. The Kier molecular flexibility index (Phi) is 4.39. The van der Waals surface area contributed by atoms with Crippen LogP contribution in [0.2, 0.25) is 0 Å². The number of carbonyl (C=O) groups excluding carboxylic acids is 1. The average molecular weight is 302 g/mol. The van der Waals surface area contributed by atoms with Crippen molar-refractivity contribution in [3.05, 3.63) is 35.4 Å². The molecule has 1 saturated heterocycles. The molecule has 2 aliphatic rings. The molecule has 0 bridgehead atoms. The fourth-order valence-electron chi connectivity index (χ4n) is 3.98. The van der Waals surface area contributed by atoms with Crippen LogP contribution in [0.5, 0.6) is 0 Å². The summed E-state index contributed by atoms with van der Waals surface area (Å²) >= 11 is 0. The van der Waals surface area contributed by atoms with Gasteiger partial charge >= 0.3 is 6.03 Å². The molecule has 1 fully saturated rings. The molecule has 4 nitrogen and oxygen atoms in total. The maximum Gasteiger partial charge on any atom is 0.317 e. The molecule has 22 heavy (non-hydrogen) atoms. The van der Waals surface area contributed by atoms with Crippen molar-refractivity contribution >= 4 is 6.03 Å². The largest absolute Gasteiger partial charge is 0.394 e. The van der Waals surface area contributed by atoms with E-state index in [4.69, 9.17) is 0 Å². The first-order valence-electron chi connectivity index (χ1n) is 8.38. The number of benzene rings is 1. The highest BCUT2D eigenvalue weighted by Crippen LogP contribution is 2.36. The molecular formula is C18H26N2O2. The normalized spacial score (nSPS) is 27.5. The lowest BCUT2D eigenvalue weighted by atomic mass is 9.71. The van der Waals surface area contributed by atoms with Gasteiger partial charge in [0, 0.05) is 18.5 Å². The fraction of sp³-hybridized carbons (Fsp3) is 0.611. The van der Waals surface area contributed by atoms with Crippen LogP contribution in [-0.2, 0) is 11.8 Å². The molecule has 1 aromatic rings. The molecule has 120 valence electrons. The minimum atomic E-state index is -0.0270.